The molecular formula is C12H26O3Si. The van der Waals surface area contributed by atoms with E-state index in [2.05, 4.69) is 0 Å². The summed E-state index contributed by atoms with van der Waals surface area (Å²) < 4.78 is 16.3. The van der Waals surface area contributed by atoms with Crippen molar-refractivity contribution in [3.05, 3.63) is 0 Å². The van der Waals surface area contributed by atoms with Crippen molar-refractivity contribution in [2.45, 2.75) is 51.0 Å². The van der Waals surface area contributed by atoms with Crippen LogP contribution in [0.2, 0.25) is 6.04 Å². The van der Waals surface area contributed by atoms with Gasteiger partial charge in [0, 0.05) is 27.4 Å². The van der Waals surface area contributed by atoms with Gasteiger partial charge >= 0.3 is 8.80 Å². The summed E-state index contributed by atoms with van der Waals surface area (Å²) in [6.07, 6.45) is 9.60. The Bertz CT molecular complexity index is 169. The smallest absolute Gasteiger partial charge is 0.377 e. The summed E-state index contributed by atoms with van der Waals surface area (Å²) in [6, 6.07) is 0.951. The lowest BCUT2D eigenvalue weighted by Crippen LogP contribution is -2.42. The Kier molecular flexibility index (Phi) is 6.57. The fraction of sp³-hybridized carbons (Fsp3) is 1.00. The molecule has 0 amide bonds. The number of rotatable bonds is 7. The van der Waals surface area contributed by atoms with Crippen LogP contribution in [0.4, 0.5) is 0 Å². The van der Waals surface area contributed by atoms with Gasteiger partial charge in [-0.1, -0.05) is 38.5 Å². The summed E-state index contributed by atoms with van der Waals surface area (Å²) in [7, 11) is 2.78. The molecule has 0 N–H and O–H groups in total. The van der Waals surface area contributed by atoms with E-state index in [1.165, 1.54) is 44.9 Å². The van der Waals surface area contributed by atoms with Gasteiger partial charge in [-0.15, -0.1) is 0 Å². The van der Waals surface area contributed by atoms with Crippen molar-refractivity contribution >= 4 is 8.80 Å². The Morgan fingerprint density at radius 2 is 1.50 bits per heavy atom. The predicted molar refractivity (Wildman–Crippen MR) is 67.4 cm³/mol. The Morgan fingerprint density at radius 3 is 2.00 bits per heavy atom. The summed E-state index contributed by atoms with van der Waals surface area (Å²) in [6.45, 7) is 0. The Labute approximate surface area is 101 Å². The molecule has 1 aliphatic carbocycles. The van der Waals surface area contributed by atoms with Gasteiger partial charge in [0.1, 0.15) is 0 Å². The van der Waals surface area contributed by atoms with Crippen LogP contribution in [-0.2, 0) is 13.3 Å². The van der Waals surface area contributed by atoms with Crippen LogP contribution in [0.1, 0.15) is 44.9 Å². The molecule has 0 aromatic rings. The molecule has 0 heterocycles. The molecule has 16 heavy (non-hydrogen) atoms. The number of hydrogen-bond donors (Lipinski definition) is 0. The van der Waals surface area contributed by atoms with Crippen LogP contribution in [-0.4, -0.2) is 30.1 Å². The zero-order chi connectivity index (χ0) is 11.9. The van der Waals surface area contributed by atoms with Crippen LogP contribution < -0.4 is 0 Å². The van der Waals surface area contributed by atoms with E-state index < -0.39 is 8.80 Å². The first kappa shape index (κ1) is 14.2. The summed E-state index contributed by atoms with van der Waals surface area (Å²) in [5.41, 5.74) is 0. The Morgan fingerprint density at radius 1 is 0.938 bits per heavy atom. The lowest BCUT2D eigenvalue weighted by molar-refractivity contribution is 0.122. The van der Waals surface area contributed by atoms with Crippen molar-refractivity contribution in [1.29, 1.82) is 0 Å². The lowest BCUT2D eigenvalue weighted by Gasteiger charge is -2.26. The molecule has 0 atom stereocenters. The molecule has 3 nitrogen and oxygen atoms in total. The molecule has 4 heteroatoms. The van der Waals surface area contributed by atoms with E-state index in [1.54, 1.807) is 21.3 Å². The third-order valence-electron chi connectivity index (χ3n) is 3.75. The second kappa shape index (κ2) is 7.43. The second-order valence-corrected chi connectivity index (χ2v) is 7.78. The highest BCUT2D eigenvalue weighted by atomic mass is 28.4. The van der Waals surface area contributed by atoms with Crippen molar-refractivity contribution in [1.82, 2.24) is 0 Å². The molecule has 0 aliphatic heterocycles. The topological polar surface area (TPSA) is 27.7 Å². The first-order valence-corrected chi connectivity index (χ1v) is 8.35. The SMILES string of the molecule is CO[Si](CCCC1CCCCC1)(OC)OC. The van der Waals surface area contributed by atoms with E-state index >= 15 is 0 Å². The zero-order valence-electron chi connectivity index (χ0n) is 11.0. The van der Waals surface area contributed by atoms with Crippen LogP contribution >= 0.6 is 0 Å². The van der Waals surface area contributed by atoms with Gasteiger partial charge in [0.25, 0.3) is 0 Å². The average Bonchev–Trinajstić information content (AvgIpc) is 2.37. The van der Waals surface area contributed by atoms with E-state index in [4.69, 9.17) is 13.3 Å². The molecule has 1 saturated carbocycles. The normalized spacial score (nSPS) is 18.9. The van der Waals surface area contributed by atoms with Gasteiger partial charge in [-0.25, -0.2) is 0 Å². The molecule has 0 aromatic carbocycles. The molecule has 0 radical (unpaired) electrons. The van der Waals surface area contributed by atoms with Crippen molar-refractivity contribution in [2.24, 2.45) is 5.92 Å². The summed E-state index contributed by atoms with van der Waals surface area (Å²) in [5, 5.41) is 0. The lowest BCUT2D eigenvalue weighted by atomic mass is 9.86. The van der Waals surface area contributed by atoms with Crippen LogP contribution in [0.3, 0.4) is 0 Å². The average molecular weight is 246 g/mol. The molecule has 0 spiro atoms. The first-order valence-electron chi connectivity index (χ1n) is 6.42. The van der Waals surface area contributed by atoms with Crippen molar-refractivity contribution in [3.63, 3.8) is 0 Å². The van der Waals surface area contributed by atoms with Gasteiger partial charge in [0.05, 0.1) is 0 Å². The zero-order valence-corrected chi connectivity index (χ0v) is 12.0. The first-order chi connectivity index (χ1) is 7.76. The fourth-order valence-electron chi connectivity index (χ4n) is 2.64. The van der Waals surface area contributed by atoms with Gasteiger partial charge in [-0.05, 0) is 12.3 Å². The van der Waals surface area contributed by atoms with E-state index in [1.807, 2.05) is 0 Å². The van der Waals surface area contributed by atoms with E-state index in [-0.39, 0.29) is 0 Å². The highest BCUT2D eigenvalue weighted by Gasteiger charge is 2.37. The summed E-state index contributed by atoms with van der Waals surface area (Å²) in [5.74, 6) is 0.936. The predicted octanol–water partition coefficient (Wildman–Crippen LogP) is 3.23. The van der Waals surface area contributed by atoms with Gasteiger partial charge in [0.2, 0.25) is 0 Å². The van der Waals surface area contributed by atoms with Crippen LogP contribution in [0.25, 0.3) is 0 Å². The fourth-order valence-corrected chi connectivity index (χ4v) is 4.39. The summed E-state index contributed by atoms with van der Waals surface area (Å²) in [4.78, 5) is 0. The second-order valence-electron chi connectivity index (χ2n) is 4.69. The van der Waals surface area contributed by atoms with Gasteiger partial charge in [-0.3, -0.25) is 0 Å². The molecule has 0 bridgehead atoms. The minimum Gasteiger partial charge on any atom is -0.377 e. The third-order valence-corrected chi connectivity index (χ3v) is 6.59. The van der Waals surface area contributed by atoms with Crippen LogP contribution in [0, 0.1) is 5.92 Å². The van der Waals surface area contributed by atoms with Gasteiger partial charge in [-0.2, -0.15) is 0 Å². The highest BCUT2D eigenvalue weighted by Crippen LogP contribution is 2.29. The molecular weight excluding hydrogens is 220 g/mol. The summed E-state index contributed by atoms with van der Waals surface area (Å²) >= 11 is 0. The Hall–Kier alpha value is 0.0969. The molecule has 0 saturated heterocycles. The molecule has 1 rings (SSSR count). The van der Waals surface area contributed by atoms with Gasteiger partial charge in [0.15, 0.2) is 0 Å². The molecule has 1 aliphatic rings. The minimum atomic E-state index is -2.30. The van der Waals surface area contributed by atoms with E-state index in [0.29, 0.717) is 0 Å². The maximum atomic E-state index is 5.42. The third kappa shape index (κ3) is 4.16. The molecule has 1 fully saturated rings. The van der Waals surface area contributed by atoms with E-state index in [9.17, 15) is 0 Å². The minimum absolute atomic E-state index is 0.936. The number of hydrogen-bond acceptors (Lipinski definition) is 3. The molecule has 0 aromatic heterocycles. The van der Waals surface area contributed by atoms with Crippen molar-refractivity contribution < 1.29 is 13.3 Å². The molecule has 96 valence electrons. The standard InChI is InChI=1S/C12H26O3Si/c1-13-16(14-2,15-3)11-7-10-12-8-5-4-6-9-12/h12H,4-11H2,1-3H3. The monoisotopic (exact) mass is 246 g/mol. The van der Waals surface area contributed by atoms with Crippen molar-refractivity contribution in [3.8, 4) is 0 Å². The van der Waals surface area contributed by atoms with Crippen LogP contribution in [0.15, 0.2) is 0 Å². The Balaban J connectivity index is 2.21. The maximum absolute atomic E-state index is 5.42. The highest BCUT2D eigenvalue weighted by molar-refractivity contribution is 6.60. The van der Waals surface area contributed by atoms with Crippen molar-refractivity contribution in [2.75, 3.05) is 21.3 Å². The van der Waals surface area contributed by atoms with Gasteiger partial charge < -0.3 is 13.3 Å². The molecule has 0 unspecified atom stereocenters. The quantitative estimate of drug-likeness (QED) is 0.646. The van der Waals surface area contributed by atoms with E-state index in [0.717, 1.165) is 12.0 Å². The van der Waals surface area contributed by atoms with Crippen LogP contribution in [0.5, 0.6) is 0 Å². The largest absolute Gasteiger partial charge is 0.500 e. The maximum Gasteiger partial charge on any atom is 0.500 e.